The Morgan fingerprint density at radius 2 is 1.95 bits per heavy atom. The Hall–Kier alpha value is -2.70. The number of aromatic nitrogens is 2. The molecule has 2 rings (SSSR count). The maximum atomic E-state index is 12.9. The molecule has 0 radical (unpaired) electrons. The van der Waals surface area contributed by atoms with Gasteiger partial charge in [-0.3, -0.25) is 4.79 Å². The zero-order chi connectivity index (χ0) is 14.0. The summed E-state index contributed by atoms with van der Waals surface area (Å²) in [5.41, 5.74) is 0.303. The summed E-state index contributed by atoms with van der Waals surface area (Å²) in [6, 6.07) is 5.29. The molecule has 6 nitrogen and oxygen atoms in total. The van der Waals surface area contributed by atoms with Crippen LogP contribution in [0.1, 0.15) is 17.3 Å². The molecule has 0 saturated heterocycles. The Balaban J connectivity index is 2.53. The second-order valence-electron chi connectivity index (χ2n) is 3.78. The van der Waals surface area contributed by atoms with Gasteiger partial charge in [0.05, 0.1) is 11.9 Å². The molecule has 1 heterocycles. The molecule has 2 aromatic rings. The number of benzene rings is 1. The maximum Gasteiger partial charge on any atom is 0.341 e. The molecule has 98 valence electrons. The molecule has 0 unspecified atom stereocenters. The number of rotatable bonds is 3. The Morgan fingerprint density at radius 1 is 1.32 bits per heavy atom. The van der Waals surface area contributed by atoms with Crippen LogP contribution in [0, 0.1) is 5.82 Å². The fourth-order valence-electron chi connectivity index (χ4n) is 1.57. The van der Waals surface area contributed by atoms with E-state index in [4.69, 9.17) is 5.11 Å². The lowest BCUT2D eigenvalue weighted by molar-refractivity contribution is -0.114. The number of anilines is 1. The summed E-state index contributed by atoms with van der Waals surface area (Å²) in [5, 5.41) is 15.3. The number of halogens is 1. The van der Waals surface area contributed by atoms with Gasteiger partial charge in [-0.25, -0.2) is 13.9 Å². The van der Waals surface area contributed by atoms with Gasteiger partial charge in [-0.15, -0.1) is 0 Å². The van der Waals surface area contributed by atoms with Crippen molar-refractivity contribution in [2.24, 2.45) is 0 Å². The van der Waals surface area contributed by atoms with E-state index in [0.29, 0.717) is 5.69 Å². The molecule has 1 aromatic heterocycles. The number of nitrogens with zero attached hydrogens (tertiary/aromatic N) is 2. The zero-order valence-electron chi connectivity index (χ0n) is 9.92. The van der Waals surface area contributed by atoms with Crippen LogP contribution < -0.4 is 5.32 Å². The highest BCUT2D eigenvalue weighted by Gasteiger charge is 2.18. The summed E-state index contributed by atoms with van der Waals surface area (Å²) in [7, 11) is 0. The number of carbonyl (C=O) groups excluding carboxylic acids is 1. The van der Waals surface area contributed by atoms with E-state index in [9.17, 15) is 14.0 Å². The number of aromatic carboxylic acids is 1. The minimum atomic E-state index is -1.21. The van der Waals surface area contributed by atoms with E-state index in [-0.39, 0.29) is 11.4 Å². The average Bonchev–Trinajstić information content (AvgIpc) is 2.73. The van der Waals surface area contributed by atoms with Crippen molar-refractivity contribution in [1.82, 2.24) is 9.78 Å². The van der Waals surface area contributed by atoms with Crippen LogP contribution in [0.4, 0.5) is 10.2 Å². The SMILES string of the molecule is CC(=O)Nc1c(C(=O)O)cnn1-c1ccc(F)cc1. The van der Waals surface area contributed by atoms with Crippen LogP contribution in [0.5, 0.6) is 0 Å². The molecular weight excluding hydrogens is 253 g/mol. The fourth-order valence-corrected chi connectivity index (χ4v) is 1.57. The van der Waals surface area contributed by atoms with Crippen molar-refractivity contribution in [3.05, 3.63) is 41.8 Å². The first-order valence-corrected chi connectivity index (χ1v) is 5.34. The van der Waals surface area contributed by atoms with Crippen molar-refractivity contribution in [2.45, 2.75) is 6.92 Å². The molecule has 0 bridgehead atoms. The summed E-state index contributed by atoms with van der Waals surface area (Å²) in [6.07, 6.45) is 1.12. The number of carbonyl (C=O) groups is 2. The summed E-state index contributed by atoms with van der Waals surface area (Å²) < 4.78 is 14.1. The van der Waals surface area contributed by atoms with Gasteiger partial charge in [-0.05, 0) is 24.3 Å². The number of carboxylic acids is 1. The minimum Gasteiger partial charge on any atom is -0.477 e. The quantitative estimate of drug-likeness (QED) is 0.882. The number of hydrogen-bond donors (Lipinski definition) is 2. The fraction of sp³-hybridized carbons (Fsp3) is 0.0833. The lowest BCUT2D eigenvalue weighted by Gasteiger charge is -2.08. The predicted octanol–water partition coefficient (Wildman–Crippen LogP) is 1.67. The largest absolute Gasteiger partial charge is 0.477 e. The van der Waals surface area contributed by atoms with Gasteiger partial charge in [0, 0.05) is 6.92 Å². The van der Waals surface area contributed by atoms with Crippen LogP contribution in [0.2, 0.25) is 0 Å². The molecule has 2 N–H and O–H groups in total. The Labute approximate surface area is 107 Å². The molecular formula is C12H10FN3O3. The van der Waals surface area contributed by atoms with Crippen molar-refractivity contribution < 1.29 is 19.1 Å². The van der Waals surface area contributed by atoms with Crippen molar-refractivity contribution in [1.29, 1.82) is 0 Å². The van der Waals surface area contributed by atoms with Gasteiger partial charge < -0.3 is 10.4 Å². The van der Waals surface area contributed by atoms with Crippen LogP contribution in [0.25, 0.3) is 5.69 Å². The van der Waals surface area contributed by atoms with E-state index in [0.717, 1.165) is 6.20 Å². The molecule has 1 aromatic carbocycles. The smallest absolute Gasteiger partial charge is 0.341 e. The van der Waals surface area contributed by atoms with Gasteiger partial charge in [0.25, 0.3) is 0 Å². The summed E-state index contributed by atoms with van der Waals surface area (Å²) in [5.74, 6) is -2.02. The van der Waals surface area contributed by atoms with E-state index in [1.54, 1.807) is 0 Å². The second-order valence-corrected chi connectivity index (χ2v) is 3.78. The molecule has 7 heteroatoms. The summed E-state index contributed by atoms with van der Waals surface area (Å²) >= 11 is 0. The van der Waals surface area contributed by atoms with Gasteiger partial charge in [0.1, 0.15) is 11.4 Å². The van der Waals surface area contributed by atoms with Crippen molar-refractivity contribution >= 4 is 17.7 Å². The highest BCUT2D eigenvalue weighted by molar-refractivity contribution is 5.98. The standard InChI is InChI=1S/C12H10FN3O3/c1-7(17)15-11-10(12(18)19)6-14-16(11)9-4-2-8(13)3-5-9/h2-6H,1H3,(H,15,17)(H,18,19). The Kier molecular flexibility index (Phi) is 3.28. The number of carboxylic acid groups (broad SMARTS) is 1. The highest BCUT2D eigenvalue weighted by Crippen LogP contribution is 2.20. The molecule has 0 aliphatic rings. The van der Waals surface area contributed by atoms with Crippen LogP contribution >= 0.6 is 0 Å². The summed E-state index contributed by atoms with van der Waals surface area (Å²) in [4.78, 5) is 22.2. The van der Waals surface area contributed by atoms with E-state index in [1.807, 2.05) is 0 Å². The molecule has 0 fully saturated rings. The molecule has 1 amide bonds. The van der Waals surface area contributed by atoms with Gasteiger partial charge in [0.2, 0.25) is 5.91 Å². The third-order valence-electron chi connectivity index (χ3n) is 2.37. The second kappa shape index (κ2) is 4.89. The molecule has 0 saturated carbocycles. The molecule has 19 heavy (non-hydrogen) atoms. The number of amides is 1. The third-order valence-corrected chi connectivity index (χ3v) is 2.37. The van der Waals surface area contributed by atoms with Gasteiger partial charge in [-0.2, -0.15) is 5.10 Å². The summed E-state index contributed by atoms with van der Waals surface area (Å²) in [6.45, 7) is 1.26. The average molecular weight is 263 g/mol. The number of nitrogens with one attached hydrogen (secondary N) is 1. The lowest BCUT2D eigenvalue weighted by Crippen LogP contribution is -2.14. The topological polar surface area (TPSA) is 84.2 Å². The van der Waals surface area contributed by atoms with Gasteiger partial charge in [0.15, 0.2) is 5.82 Å². The van der Waals surface area contributed by atoms with E-state index in [2.05, 4.69) is 10.4 Å². The first-order chi connectivity index (χ1) is 8.99. The Bertz CT molecular complexity index is 634. The van der Waals surface area contributed by atoms with E-state index in [1.165, 1.54) is 35.9 Å². The van der Waals surface area contributed by atoms with E-state index >= 15 is 0 Å². The number of hydrogen-bond acceptors (Lipinski definition) is 3. The third kappa shape index (κ3) is 2.59. The molecule has 0 aliphatic heterocycles. The minimum absolute atomic E-state index is 0.0339. The predicted molar refractivity (Wildman–Crippen MR) is 64.8 cm³/mol. The first kappa shape index (κ1) is 12.7. The van der Waals surface area contributed by atoms with Crippen molar-refractivity contribution in [3.63, 3.8) is 0 Å². The van der Waals surface area contributed by atoms with Crippen LogP contribution in [-0.4, -0.2) is 26.8 Å². The van der Waals surface area contributed by atoms with Crippen LogP contribution in [-0.2, 0) is 4.79 Å². The van der Waals surface area contributed by atoms with Crippen molar-refractivity contribution in [3.8, 4) is 5.69 Å². The normalized spacial score (nSPS) is 10.2. The Morgan fingerprint density at radius 3 is 2.47 bits per heavy atom. The van der Waals surface area contributed by atoms with E-state index < -0.39 is 17.7 Å². The van der Waals surface area contributed by atoms with Crippen LogP contribution in [0.3, 0.4) is 0 Å². The lowest BCUT2D eigenvalue weighted by atomic mass is 10.3. The van der Waals surface area contributed by atoms with Crippen molar-refractivity contribution in [2.75, 3.05) is 5.32 Å². The zero-order valence-corrected chi connectivity index (χ0v) is 9.92. The molecule has 0 atom stereocenters. The monoisotopic (exact) mass is 263 g/mol. The molecule has 0 aliphatic carbocycles. The van der Waals surface area contributed by atoms with Gasteiger partial charge >= 0.3 is 5.97 Å². The maximum absolute atomic E-state index is 12.9. The molecule has 0 spiro atoms. The van der Waals surface area contributed by atoms with Crippen LogP contribution in [0.15, 0.2) is 30.5 Å². The van der Waals surface area contributed by atoms with Gasteiger partial charge in [-0.1, -0.05) is 0 Å². The first-order valence-electron chi connectivity index (χ1n) is 5.34. The highest BCUT2D eigenvalue weighted by atomic mass is 19.1.